The summed E-state index contributed by atoms with van der Waals surface area (Å²) in [7, 11) is 0. The average Bonchev–Trinajstić information content (AvgIpc) is 2.66. The number of hydrogen-bond donors (Lipinski definition) is 1. The van der Waals surface area contributed by atoms with Gasteiger partial charge in [-0.2, -0.15) is 5.26 Å². The highest BCUT2D eigenvalue weighted by atomic mass is 19.1. The van der Waals surface area contributed by atoms with Crippen molar-refractivity contribution < 1.29 is 9.50 Å². The van der Waals surface area contributed by atoms with Crippen molar-refractivity contribution in [3.63, 3.8) is 0 Å². The minimum atomic E-state index is -0.471. The van der Waals surface area contributed by atoms with Gasteiger partial charge in [-0.15, -0.1) is 0 Å². The van der Waals surface area contributed by atoms with Crippen LogP contribution in [-0.2, 0) is 6.54 Å². The molecule has 0 amide bonds. The number of halogens is 1. The lowest BCUT2D eigenvalue weighted by Crippen LogP contribution is -2.36. The van der Waals surface area contributed by atoms with E-state index in [1.165, 1.54) is 12.5 Å². The molecule has 1 aromatic rings. The van der Waals surface area contributed by atoms with Gasteiger partial charge in [0.2, 0.25) is 0 Å². The van der Waals surface area contributed by atoms with Crippen LogP contribution in [0, 0.1) is 17.1 Å². The van der Waals surface area contributed by atoms with Crippen LogP contribution in [0.2, 0.25) is 0 Å². The third kappa shape index (κ3) is 3.52. The van der Waals surface area contributed by atoms with Gasteiger partial charge in [0.05, 0.1) is 12.2 Å². The van der Waals surface area contributed by atoms with E-state index < -0.39 is 5.82 Å². The van der Waals surface area contributed by atoms with Gasteiger partial charge in [-0.05, 0) is 37.1 Å². The Morgan fingerprint density at radius 3 is 2.95 bits per heavy atom. The normalized spacial score (nSPS) is 20.8. The number of aliphatic hydroxyl groups is 1. The first-order valence-corrected chi connectivity index (χ1v) is 6.78. The lowest BCUT2D eigenvalue weighted by Gasteiger charge is -2.28. The third-order valence-electron chi connectivity index (χ3n) is 3.75. The molecule has 3 nitrogen and oxygen atoms in total. The molecular formula is C15H19FN2O. The molecule has 2 rings (SSSR count). The van der Waals surface area contributed by atoms with Crippen LogP contribution in [0.1, 0.15) is 36.8 Å². The highest BCUT2D eigenvalue weighted by molar-refractivity contribution is 5.34. The number of benzene rings is 1. The van der Waals surface area contributed by atoms with Crippen LogP contribution < -0.4 is 0 Å². The maximum absolute atomic E-state index is 13.3. The smallest absolute Gasteiger partial charge is 0.140 e. The molecule has 1 fully saturated rings. The Balaban J connectivity index is 2.12. The Morgan fingerprint density at radius 1 is 1.37 bits per heavy atom. The van der Waals surface area contributed by atoms with Crippen molar-refractivity contribution in [2.24, 2.45) is 0 Å². The van der Waals surface area contributed by atoms with E-state index in [1.54, 1.807) is 12.1 Å². The summed E-state index contributed by atoms with van der Waals surface area (Å²) < 4.78 is 13.3. The summed E-state index contributed by atoms with van der Waals surface area (Å²) in [6, 6.07) is 6.72. The van der Waals surface area contributed by atoms with Gasteiger partial charge >= 0.3 is 0 Å². The zero-order chi connectivity index (χ0) is 13.7. The lowest BCUT2D eigenvalue weighted by molar-refractivity contribution is 0.118. The van der Waals surface area contributed by atoms with Gasteiger partial charge in [-0.3, -0.25) is 4.90 Å². The summed E-state index contributed by atoms with van der Waals surface area (Å²) in [6.07, 6.45) is 4.47. The fraction of sp³-hybridized carbons (Fsp3) is 0.533. The molecule has 4 heteroatoms. The van der Waals surface area contributed by atoms with E-state index in [2.05, 4.69) is 4.90 Å². The second kappa shape index (κ2) is 6.65. The van der Waals surface area contributed by atoms with Crippen LogP contribution in [0.3, 0.4) is 0 Å². The monoisotopic (exact) mass is 262 g/mol. The molecule has 1 aliphatic heterocycles. The van der Waals surface area contributed by atoms with E-state index in [1.807, 2.05) is 6.07 Å². The SMILES string of the molecule is N#Cc1cc(CN2CCCCCC2CO)ccc1F. The average molecular weight is 262 g/mol. The molecule has 0 aromatic heterocycles. The summed E-state index contributed by atoms with van der Waals surface area (Å²) in [4.78, 5) is 2.24. The van der Waals surface area contributed by atoms with Crippen molar-refractivity contribution in [1.29, 1.82) is 5.26 Å². The Kier molecular flexibility index (Phi) is 4.89. The van der Waals surface area contributed by atoms with Gasteiger partial charge < -0.3 is 5.11 Å². The largest absolute Gasteiger partial charge is 0.395 e. The highest BCUT2D eigenvalue weighted by Gasteiger charge is 2.20. The van der Waals surface area contributed by atoms with Crippen LogP contribution in [0.5, 0.6) is 0 Å². The quantitative estimate of drug-likeness (QED) is 0.910. The van der Waals surface area contributed by atoms with Crippen molar-refractivity contribution >= 4 is 0 Å². The molecule has 1 unspecified atom stereocenters. The number of rotatable bonds is 3. The fourth-order valence-electron chi connectivity index (χ4n) is 2.64. The zero-order valence-corrected chi connectivity index (χ0v) is 11.0. The van der Waals surface area contributed by atoms with E-state index in [0.29, 0.717) is 6.54 Å². The molecule has 0 aliphatic carbocycles. The Bertz CT molecular complexity index is 470. The van der Waals surface area contributed by atoms with Gasteiger partial charge in [0.25, 0.3) is 0 Å². The number of aliphatic hydroxyl groups excluding tert-OH is 1. The maximum Gasteiger partial charge on any atom is 0.140 e. The molecular weight excluding hydrogens is 243 g/mol. The highest BCUT2D eigenvalue weighted by Crippen LogP contribution is 2.20. The van der Waals surface area contributed by atoms with E-state index in [-0.39, 0.29) is 18.2 Å². The molecule has 102 valence electrons. The second-order valence-corrected chi connectivity index (χ2v) is 5.08. The van der Waals surface area contributed by atoms with Crippen LogP contribution >= 0.6 is 0 Å². The second-order valence-electron chi connectivity index (χ2n) is 5.08. The van der Waals surface area contributed by atoms with E-state index in [0.717, 1.165) is 31.4 Å². The van der Waals surface area contributed by atoms with Crippen molar-refractivity contribution in [2.45, 2.75) is 38.3 Å². The fourth-order valence-corrected chi connectivity index (χ4v) is 2.64. The van der Waals surface area contributed by atoms with Crippen molar-refractivity contribution in [2.75, 3.05) is 13.2 Å². The van der Waals surface area contributed by atoms with Crippen LogP contribution in [0.25, 0.3) is 0 Å². The molecule has 1 heterocycles. The minimum Gasteiger partial charge on any atom is -0.395 e. The van der Waals surface area contributed by atoms with E-state index >= 15 is 0 Å². The summed E-state index contributed by atoms with van der Waals surface area (Å²) in [5.41, 5.74) is 1.02. The first kappa shape index (κ1) is 14.0. The number of nitrogens with zero attached hydrogens (tertiary/aromatic N) is 2. The van der Waals surface area contributed by atoms with Crippen molar-refractivity contribution in [1.82, 2.24) is 4.90 Å². The minimum absolute atomic E-state index is 0.0906. The predicted molar refractivity (Wildman–Crippen MR) is 70.9 cm³/mol. The third-order valence-corrected chi connectivity index (χ3v) is 3.75. The Hall–Kier alpha value is -1.44. The summed E-state index contributed by atoms with van der Waals surface area (Å²) in [6.45, 7) is 1.77. The number of likely N-dealkylation sites (tertiary alicyclic amines) is 1. The Morgan fingerprint density at radius 2 is 2.21 bits per heavy atom. The molecule has 0 spiro atoms. The first-order valence-electron chi connectivity index (χ1n) is 6.78. The number of hydrogen-bond acceptors (Lipinski definition) is 3. The Labute approximate surface area is 113 Å². The molecule has 0 bridgehead atoms. The van der Waals surface area contributed by atoms with Gasteiger partial charge in [-0.25, -0.2) is 4.39 Å². The van der Waals surface area contributed by atoms with Gasteiger partial charge in [0.1, 0.15) is 11.9 Å². The number of nitriles is 1. The molecule has 1 aliphatic rings. The molecule has 1 atom stereocenters. The van der Waals surface area contributed by atoms with Crippen LogP contribution in [-0.4, -0.2) is 29.2 Å². The molecule has 19 heavy (non-hydrogen) atoms. The van der Waals surface area contributed by atoms with E-state index in [9.17, 15) is 9.50 Å². The van der Waals surface area contributed by atoms with Gasteiger partial charge in [-0.1, -0.05) is 18.9 Å². The first-order chi connectivity index (χ1) is 9.24. The topological polar surface area (TPSA) is 47.3 Å². The van der Waals surface area contributed by atoms with Gasteiger partial charge in [0.15, 0.2) is 0 Å². The molecule has 0 saturated carbocycles. The van der Waals surface area contributed by atoms with E-state index in [4.69, 9.17) is 5.26 Å². The molecule has 1 aromatic carbocycles. The zero-order valence-electron chi connectivity index (χ0n) is 11.0. The molecule has 1 saturated heterocycles. The maximum atomic E-state index is 13.3. The molecule has 1 N–H and O–H groups in total. The van der Waals surface area contributed by atoms with Crippen LogP contribution in [0.4, 0.5) is 4.39 Å². The van der Waals surface area contributed by atoms with Crippen molar-refractivity contribution in [3.8, 4) is 6.07 Å². The lowest BCUT2D eigenvalue weighted by atomic mass is 10.1. The van der Waals surface area contributed by atoms with Crippen molar-refractivity contribution in [3.05, 3.63) is 35.1 Å². The standard InChI is InChI=1S/C15H19FN2O/c16-15-6-5-12(8-13(15)9-17)10-18-7-3-1-2-4-14(18)11-19/h5-6,8,14,19H,1-4,7,10-11H2. The summed E-state index contributed by atoms with van der Waals surface area (Å²) in [5, 5.41) is 18.3. The predicted octanol–water partition coefficient (Wildman–Crippen LogP) is 2.43. The van der Waals surface area contributed by atoms with Gasteiger partial charge in [0, 0.05) is 12.6 Å². The molecule has 0 radical (unpaired) electrons. The summed E-state index contributed by atoms with van der Waals surface area (Å²) in [5.74, 6) is -0.471. The summed E-state index contributed by atoms with van der Waals surface area (Å²) >= 11 is 0. The van der Waals surface area contributed by atoms with Crippen LogP contribution in [0.15, 0.2) is 18.2 Å².